The van der Waals surface area contributed by atoms with Gasteiger partial charge in [-0.3, -0.25) is 0 Å². The SMILES string of the molecule is c1ccc2cc(-c3ccc(N(c4ccc(-c5cccc6c5sc5c6ccc6sc7ccccc7c65)cc4)c4cccc5c4sc4cc6ccccc6cc45)cc3)ccc2c1. The molecule has 10 aromatic carbocycles. The van der Waals surface area contributed by atoms with Crippen LogP contribution in [0.25, 0.3) is 104 Å². The molecule has 60 heavy (non-hydrogen) atoms. The number of nitrogens with zero attached hydrogens (tertiary/aromatic N) is 1. The summed E-state index contributed by atoms with van der Waals surface area (Å²) in [6, 6.07) is 74.2. The first-order valence-corrected chi connectivity index (χ1v) is 22.8. The quantitative estimate of drug-likeness (QED) is 0.167. The standard InChI is InChI=1S/C56H33NS3/c1-2-10-37-31-40(20-19-34(37)9-1)35-21-25-41(26-22-35)57(49-17-8-16-45-48-32-38-11-3-4-12-39(38)33-52(48)59-55(45)49)42-27-23-36(24-28-42)43-14-7-15-44-46-29-30-51-53(56(46)60-54(43)44)47-13-5-6-18-50(47)58-51/h1-33H. The van der Waals surface area contributed by atoms with Crippen molar-refractivity contribution in [2.75, 3.05) is 4.90 Å². The topological polar surface area (TPSA) is 3.24 Å². The van der Waals surface area contributed by atoms with Gasteiger partial charge >= 0.3 is 0 Å². The summed E-state index contributed by atoms with van der Waals surface area (Å²) in [6.07, 6.45) is 0. The van der Waals surface area contributed by atoms with Crippen LogP contribution in [0.4, 0.5) is 17.1 Å². The molecular weight excluding hydrogens is 783 g/mol. The second kappa shape index (κ2) is 13.4. The van der Waals surface area contributed by atoms with Crippen LogP contribution in [0.1, 0.15) is 0 Å². The van der Waals surface area contributed by atoms with Gasteiger partial charge in [-0.15, -0.1) is 34.0 Å². The Morgan fingerprint density at radius 2 is 0.917 bits per heavy atom. The zero-order valence-electron chi connectivity index (χ0n) is 32.2. The second-order valence-corrected chi connectivity index (χ2v) is 18.8. The monoisotopic (exact) mass is 815 g/mol. The molecule has 1 nitrogen and oxygen atoms in total. The second-order valence-electron chi connectivity index (χ2n) is 15.6. The molecule has 0 saturated carbocycles. The van der Waals surface area contributed by atoms with Crippen LogP contribution >= 0.6 is 34.0 Å². The molecule has 0 saturated heterocycles. The van der Waals surface area contributed by atoms with Gasteiger partial charge in [0.2, 0.25) is 0 Å². The molecule has 0 aliphatic rings. The Labute approximate surface area is 358 Å². The Morgan fingerprint density at radius 3 is 1.72 bits per heavy atom. The molecule has 0 aliphatic carbocycles. The van der Waals surface area contributed by atoms with Crippen molar-refractivity contribution in [1.82, 2.24) is 0 Å². The van der Waals surface area contributed by atoms with Crippen LogP contribution in [0.3, 0.4) is 0 Å². The first-order chi connectivity index (χ1) is 29.7. The number of anilines is 3. The van der Waals surface area contributed by atoms with E-state index >= 15 is 0 Å². The van der Waals surface area contributed by atoms with E-state index in [0.717, 1.165) is 11.4 Å². The number of benzene rings is 10. The predicted octanol–water partition coefficient (Wildman–Crippen LogP) is 17.9. The van der Waals surface area contributed by atoms with Crippen molar-refractivity contribution < 1.29 is 0 Å². The first kappa shape index (κ1) is 34.1. The third-order valence-electron chi connectivity index (χ3n) is 12.2. The van der Waals surface area contributed by atoms with Crippen molar-refractivity contribution in [3.8, 4) is 22.3 Å². The lowest BCUT2D eigenvalue weighted by Crippen LogP contribution is -2.10. The summed E-state index contributed by atoms with van der Waals surface area (Å²) in [5.74, 6) is 0. The van der Waals surface area contributed by atoms with E-state index in [2.05, 4.69) is 205 Å². The van der Waals surface area contributed by atoms with Crippen molar-refractivity contribution in [2.24, 2.45) is 0 Å². The van der Waals surface area contributed by atoms with E-state index in [1.165, 1.54) is 110 Å². The summed E-state index contributed by atoms with van der Waals surface area (Å²) in [5.41, 5.74) is 8.36. The molecule has 0 aliphatic heterocycles. The maximum Gasteiger partial charge on any atom is 0.0640 e. The molecule has 0 atom stereocenters. The van der Waals surface area contributed by atoms with Crippen LogP contribution in [0.5, 0.6) is 0 Å². The van der Waals surface area contributed by atoms with Crippen molar-refractivity contribution in [3.05, 3.63) is 200 Å². The number of hydrogen-bond donors (Lipinski definition) is 0. The van der Waals surface area contributed by atoms with E-state index < -0.39 is 0 Å². The highest BCUT2D eigenvalue weighted by Gasteiger charge is 2.20. The summed E-state index contributed by atoms with van der Waals surface area (Å²) in [6.45, 7) is 0. The van der Waals surface area contributed by atoms with Crippen LogP contribution in [-0.2, 0) is 0 Å². The highest BCUT2D eigenvalue weighted by molar-refractivity contribution is 7.30. The molecule has 0 N–H and O–H groups in total. The van der Waals surface area contributed by atoms with Gasteiger partial charge in [-0.2, -0.15) is 0 Å². The van der Waals surface area contributed by atoms with Gasteiger partial charge in [0.25, 0.3) is 0 Å². The lowest BCUT2D eigenvalue weighted by atomic mass is 10.00. The number of thiophene rings is 3. The fraction of sp³-hybridized carbons (Fsp3) is 0. The first-order valence-electron chi connectivity index (χ1n) is 20.3. The maximum absolute atomic E-state index is 2.45. The average Bonchev–Trinajstić information content (AvgIpc) is 4.00. The third kappa shape index (κ3) is 5.28. The minimum absolute atomic E-state index is 1.13. The van der Waals surface area contributed by atoms with Gasteiger partial charge in [-0.1, -0.05) is 140 Å². The molecule has 13 aromatic rings. The van der Waals surface area contributed by atoms with E-state index in [1.54, 1.807) is 0 Å². The molecule has 280 valence electrons. The highest BCUT2D eigenvalue weighted by Crippen LogP contribution is 2.49. The smallest absolute Gasteiger partial charge is 0.0640 e. The van der Waals surface area contributed by atoms with Crippen LogP contribution in [-0.4, -0.2) is 0 Å². The number of rotatable bonds is 5. The molecule has 13 rings (SSSR count). The molecule has 3 aromatic heterocycles. The molecule has 0 bridgehead atoms. The van der Waals surface area contributed by atoms with E-state index in [9.17, 15) is 0 Å². The Kier molecular flexibility index (Phi) is 7.58. The van der Waals surface area contributed by atoms with Gasteiger partial charge in [0, 0.05) is 67.2 Å². The zero-order valence-corrected chi connectivity index (χ0v) is 34.7. The molecule has 0 radical (unpaired) electrons. The highest BCUT2D eigenvalue weighted by atomic mass is 32.1. The largest absolute Gasteiger partial charge is 0.309 e. The average molecular weight is 816 g/mol. The van der Waals surface area contributed by atoms with Crippen molar-refractivity contribution in [3.63, 3.8) is 0 Å². The van der Waals surface area contributed by atoms with E-state index in [0.29, 0.717) is 0 Å². The molecule has 0 unspecified atom stereocenters. The molecular formula is C56H33NS3. The summed E-state index contributed by atoms with van der Waals surface area (Å²) in [7, 11) is 0. The van der Waals surface area contributed by atoms with Gasteiger partial charge in [0.1, 0.15) is 0 Å². The third-order valence-corrected chi connectivity index (χ3v) is 15.8. The fourth-order valence-electron chi connectivity index (χ4n) is 9.33. The molecule has 0 fully saturated rings. The lowest BCUT2D eigenvalue weighted by Gasteiger charge is -2.26. The van der Waals surface area contributed by atoms with Crippen LogP contribution in [0, 0.1) is 0 Å². The zero-order chi connectivity index (χ0) is 39.3. The Balaban J connectivity index is 0.961. The minimum atomic E-state index is 1.13. The van der Waals surface area contributed by atoms with Gasteiger partial charge < -0.3 is 4.90 Å². The summed E-state index contributed by atoms with van der Waals surface area (Å²) >= 11 is 5.72. The van der Waals surface area contributed by atoms with Gasteiger partial charge in [0.15, 0.2) is 0 Å². The minimum Gasteiger partial charge on any atom is -0.309 e. The van der Waals surface area contributed by atoms with Crippen molar-refractivity contribution in [1.29, 1.82) is 0 Å². The molecule has 0 amide bonds. The van der Waals surface area contributed by atoms with Crippen LogP contribution in [0.2, 0.25) is 0 Å². The normalized spacial score (nSPS) is 12.0. The van der Waals surface area contributed by atoms with E-state index in [-0.39, 0.29) is 0 Å². The Bertz CT molecular complexity index is 3830. The molecule has 0 spiro atoms. The van der Waals surface area contributed by atoms with E-state index in [1.807, 2.05) is 34.0 Å². The Hall–Kier alpha value is -6.82. The van der Waals surface area contributed by atoms with Crippen molar-refractivity contribution >= 4 is 133 Å². The lowest BCUT2D eigenvalue weighted by molar-refractivity contribution is 1.30. The number of fused-ring (bicyclic) bond motifs is 12. The number of hydrogen-bond acceptors (Lipinski definition) is 4. The van der Waals surface area contributed by atoms with E-state index in [4.69, 9.17) is 0 Å². The fourth-order valence-corrected chi connectivity index (χ4v) is 13.1. The van der Waals surface area contributed by atoms with Crippen LogP contribution < -0.4 is 4.90 Å². The molecule has 3 heterocycles. The van der Waals surface area contributed by atoms with Gasteiger partial charge in [0.05, 0.1) is 10.4 Å². The maximum atomic E-state index is 2.45. The summed E-state index contributed by atoms with van der Waals surface area (Å²) in [4.78, 5) is 2.45. The molecule has 4 heteroatoms. The summed E-state index contributed by atoms with van der Waals surface area (Å²) < 4.78 is 8.02. The van der Waals surface area contributed by atoms with Gasteiger partial charge in [-0.05, 0) is 104 Å². The predicted molar refractivity (Wildman–Crippen MR) is 266 cm³/mol. The summed E-state index contributed by atoms with van der Waals surface area (Å²) in [5, 5.41) is 13.1. The van der Waals surface area contributed by atoms with Crippen molar-refractivity contribution in [2.45, 2.75) is 0 Å². The van der Waals surface area contributed by atoms with Crippen LogP contribution in [0.15, 0.2) is 200 Å². The Morgan fingerprint density at radius 1 is 0.300 bits per heavy atom. The van der Waals surface area contributed by atoms with Gasteiger partial charge in [-0.25, -0.2) is 0 Å².